The molecule has 1 atom stereocenters. The smallest absolute Gasteiger partial charge is 0.389 e. The van der Waals surface area contributed by atoms with Gasteiger partial charge in [-0.3, -0.25) is 0 Å². The van der Waals surface area contributed by atoms with E-state index in [9.17, 15) is 18.3 Å². The van der Waals surface area contributed by atoms with Gasteiger partial charge in [0.2, 0.25) is 0 Å². The number of halogens is 3. The number of nitrogens with zero attached hydrogens (tertiary/aromatic N) is 1. The van der Waals surface area contributed by atoms with Crippen LogP contribution in [0.5, 0.6) is 0 Å². The van der Waals surface area contributed by atoms with E-state index in [0.717, 1.165) is 19.4 Å². The van der Waals surface area contributed by atoms with Crippen molar-refractivity contribution in [3.63, 3.8) is 0 Å². The molecular formula is C9H16F3NO. The Morgan fingerprint density at radius 3 is 2.64 bits per heavy atom. The zero-order valence-electron chi connectivity index (χ0n) is 8.06. The van der Waals surface area contributed by atoms with Gasteiger partial charge in [-0.15, -0.1) is 0 Å². The molecule has 0 amide bonds. The normalized spacial score (nSPS) is 25.3. The van der Waals surface area contributed by atoms with Crippen molar-refractivity contribution in [2.75, 3.05) is 19.6 Å². The van der Waals surface area contributed by atoms with Crippen LogP contribution >= 0.6 is 0 Å². The number of aliphatic hydroxyl groups excluding tert-OH is 1. The van der Waals surface area contributed by atoms with Gasteiger partial charge in [0.1, 0.15) is 0 Å². The van der Waals surface area contributed by atoms with Crippen LogP contribution in [0.1, 0.15) is 25.7 Å². The molecule has 1 heterocycles. The second-order valence-corrected chi connectivity index (χ2v) is 3.82. The van der Waals surface area contributed by atoms with Gasteiger partial charge in [-0.1, -0.05) is 0 Å². The van der Waals surface area contributed by atoms with Crippen molar-refractivity contribution in [2.24, 2.45) is 0 Å². The van der Waals surface area contributed by atoms with Gasteiger partial charge in [-0.25, -0.2) is 0 Å². The molecule has 0 aromatic heterocycles. The van der Waals surface area contributed by atoms with Crippen LogP contribution in [0.3, 0.4) is 0 Å². The summed E-state index contributed by atoms with van der Waals surface area (Å²) in [5.41, 5.74) is 0. The molecule has 0 saturated carbocycles. The van der Waals surface area contributed by atoms with E-state index in [4.69, 9.17) is 0 Å². The Balaban J connectivity index is 2.12. The first-order valence-electron chi connectivity index (χ1n) is 4.94. The van der Waals surface area contributed by atoms with Crippen molar-refractivity contribution in [2.45, 2.75) is 38.0 Å². The number of β-amino-alcohol motifs (C(OH)–C–C–N with tert-alkyl or cyclic N) is 1. The summed E-state index contributed by atoms with van der Waals surface area (Å²) in [5.74, 6) is 0. The highest BCUT2D eigenvalue weighted by atomic mass is 19.4. The minimum Gasteiger partial charge on any atom is -0.392 e. The molecule has 0 spiro atoms. The van der Waals surface area contributed by atoms with Gasteiger partial charge in [0, 0.05) is 13.0 Å². The highest BCUT2D eigenvalue weighted by molar-refractivity contribution is 4.71. The Morgan fingerprint density at radius 2 is 2.07 bits per heavy atom. The van der Waals surface area contributed by atoms with Gasteiger partial charge < -0.3 is 10.0 Å². The summed E-state index contributed by atoms with van der Waals surface area (Å²) in [5, 5.41) is 9.27. The molecule has 1 rings (SSSR count). The van der Waals surface area contributed by atoms with E-state index in [2.05, 4.69) is 0 Å². The van der Waals surface area contributed by atoms with Gasteiger partial charge in [-0.05, 0) is 32.4 Å². The summed E-state index contributed by atoms with van der Waals surface area (Å²) < 4.78 is 35.5. The topological polar surface area (TPSA) is 23.5 Å². The predicted molar refractivity (Wildman–Crippen MR) is 47.0 cm³/mol. The second-order valence-electron chi connectivity index (χ2n) is 3.82. The fourth-order valence-corrected chi connectivity index (χ4v) is 1.74. The van der Waals surface area contributed by atoms with Crippen LogP contribution in [0, 0.1) is 0 Å². The van der Waals surface area contributed by atoms with E-state index in [1.165, 1.54) is 0 Å². The van der Waals surface area contributed by atoms with Gasteiger partial charge in [0.15, 0.2) is 0 Å². The Hall–Kier alpha value is -0.290. The maximum absolute atomic E-state index is 11.8. The van der Waals surface area contributed by atoms with E-state index in [0.29, 0.717) is 13.1 Å². The van der Waals surface area contributed by atoms with Crippen LogP contribution in [-0.2, 0) is 0 Å². The standard InChI is InChI=1S/C9H16F3NO/c10-9(11,12)4-2-6-13-5-1-3-8(14)7-13/h8,14H,1-7H2/t8-/m0/s1. The molecule has 5 heteroatoms. The molecule has 1 fully saturated rings. The number of hydrogen-bond acceptors (Lipinski definition) is 2. The first kappa shape index (κ1) is 11.8. The van der Waals surface area contributed by atoms with Gasteiger partial charge in [-0.2, -0.15) is 13.2 Å². The predicted octanol–water partition coefficient (Wildman–Crippen LogP) is 1.79. The second kappa shape index (κ2) is 4.98. The van der Waals surface area contributed by atoms with E-state index >= 15 is 0 Å². The van der Waals surface area contributed by atoms with Crippen molar-refractivity contribution in [3.05, 3.63) is 0 Å². The highest BCUT2D eigenvalue weighted by Crippen LogP contribution is 2.21. The Bertz CT molecular complexity index is 172. The van der Waals surface area contributed by atoms with Crippen LogP contribution < -0.4 is 0 Å². The maximum Gasteiger partial charge on any atom is 0.389 e. The van der Waals surface area contributed by atoms with Crippen molar-refractivity contribution < 1.29 is 18.3 Å². The Kier molecular flexibility index (Phi) is 4.19. The van der Waals surface area contributed by atoms with Crippen LogP contribution in [0.4, 0.5) is 13.2 Å². The lowest BCUT2D eigenvalue weighted by Crippen LogP contribution is -2.38. The van der Waals surface area contributed by atoms with E-state index in [1.807, 2.05) is 4.90 Å². The molecule has 1 N–H and O–H groups in total. The Labute approximate surface area is 81.7 Å². The van der Waals surface area contributed by atoms with E-state index in [1.54, 1.807) is 0 Å². The molecule has 1 saturated heterocycles. The van der Waals surface area contributed by atoms with E-state index in [-0.39, 0.29) is 12.5 Å². The first-order valence-corrected chi connectivity index (χ1v) is 4.94. The summed E-state index contributed by atoms with van der Waals surface area (Å²) in [4.78, 5) is 1.90. The molecule has 0 aliphatic carbocycles. The number of likely N-dealkylation sites (tertiary alicyclic amines) is 1. The summed E-state index contributed by atoms with van der Waals surface area (Å²) in [7, 11) is 0. The lowest BCUT2D eigenvalue weighted by atomic mass is 10.1. The zero-order chi connectivity index (χ0) is 10.6. The van der Waals surface area contributed by atoms with Gasteiger partial charge >= 0.3 is 6.18 Å². The quantitative estimate of drug-likeness (QED) is 0.769. The van der Waals surface area contributed by atoms with Crippen LogP contribution in [0.25, 0.3) is 0 Å². The van der Waals surface area contributed by atoms with Crippen LogP contribution in [0.15, 0.2) is 0 Å². The first-order chi connectivity index (χ1) is 6.47. The van der Waals surface area contributed by atoms with Crippen LogP contribution in [0.2, 0.25) is 0 Å². The highest BCUT2D eigenvalue weighted by Gasteiger charge is 2.27. The third-order valence-electron chi connectivity index (χ3n) is 2.42. The average Bonchev–Trinajstić information content (AvgIpc) is 2.01. The number of piperidine rings is 1. The Morgan fingerprint density at radius 1 is 1.36 bits per heavy atom. The van der Waals surface area contributed by atoms with Crippen LogP contribution in [-0.4, -0.2) is 41.9 Å². The fourth-order valence-electron chi connectivity index (χ4n) is 1.74. The van der Waals surface area contributed by atoms with Crippen molar-refractivity contribution >= 4 is 0 Å². The molecule has 0 aromatic rings. The largest absolute Gasteiger partial charge is 0.392 e. The average molecular weight is 211 g/mol. The molecule has 0 radical (unpaired) electrons. The number of aliphatic hydroxyl groups is 1. The molecule has 84 valence electrons. The zero-order valence-corrected chi connectivity index (χ0v) is 8.06. The molecule has 1 aliphatic heterocycles. The number of alkyl halides is 3. The van der Waals surface area contributed by atoms with E-state index < -0.39 is 12.6 Å². The number of hydrogen-bond donors (Lipinski definition) is 1. The third-order valence-corrected chi connectivity index (χ3v) is 2.42. The molecule has 0 bridgehead atoms. The van der Waals surface area contributed by atoms with Crippen molar-refractivity contribution in [1.82, 2.24) is 4.90 Å². The number of rotatable bonds is 3. The molecule has 0 unspecified atom stereocenters. The molecular weight excluding hydrogens is 195 g/mol. The SMILES string of the molecule is O[C@H]1CCCN(CCCC(F)(F)F)C1. The van der Waals surface area contributed by atoms with Gasteiger partial charge in [0.05, 0.1) is 6.10 Å². The minimum absolute atomic E-state index is 0.135. The van der Waals surface area contributed by atoms with Crippen molar-refractivity contribution in [1.29, 1.82) is 0 Å². The summed E-state index contributed by atoms with van der Waals surface area (Å²) in [6.07, 6.45) is -3.33. The third kappa shape index (κ3) is 4.81. The molecule has 0 aromatic carbocycles. The minimum atomic E-state index is -4.05. The molecule has 14 heavy (non-hydrogen) atoms. The lowest BCUT2D eigenvalue weighted by Gasteiger charge is -2.29. The maximum atomic E-state index is 11.8. The lowest BCUT2D eigenvalue weighted by molar-refractivity contribution is -0.136. The van der Waals surface area contributed by atoms with Crippen molar-refractivity contribution in [3.8, 4) is 0 Å². The monoisotopic (exact) mass is 211 g/mol. The van der Waals surface area contributed by atoms with Gasteiger partial charge in [0.25, 0.3) is 0 Å². The molecule has 2 nitrogen and oxygen atoms in total. The summed E-state index contributed by atoms with van der Waals surface area (Å²) >= 11 is 0. The summed E-state index contributed by atoms with van der Waals surface area (Å²) in [6.45, 7) is 1.78. The molecule has 1 aliphatic rings. The summed E-state index contributed by atoms with van der Waals surface area (Å²) in [6, 6.07) is 0. The fraction of sp³-hybridized carbons (Fsp3) is 1.00.